The molecular weight excluding hydrogens is 376 g/mol. The zero-order valence-electron chi connectivity index (χ0n) is 15.3. The second-order valence-corrected chi connectivity index (χ2v) is 6.29. The molecule has 0 aromatic heterocycles. The number of methoxy groups -OCH3 is 1. The Bertz CT molecular complexity index is 972. The third kappa shape index (κ3) is 5.11. The number of nitrogens with zero attached hydrogens (tertiary/aromatic N) is 1. The number of benzene rings is 3. The van der Waals surface area contributed by atoms with Crippen LogP contribution in [-0.4, -0.2) is 19.2 Å². The SMILES string of the molecule is COc1ccccc1C(=O)N/N=C\c1ccccc1OCc1ccc(Cl)cc1. The molecule has 0 heterocycles. The number of amides is 1. The third-order valence-electron chi connectivity index (χ3n) is 3.95. The van der Waals surface area contributed by atoms with Crippen molar-refractivity contribution in [2.75, 3.05) is 7.11 Å². The summed E-state index contributed by atoms with van der Waals surface area (Å²) in [5.41, 5.74) is 4.67. The first-order valence-electron chi connectivity index (χ1n) is 8.60. The van der Waals surface area contributed by atoms with Crippen LogP contribution in [0.15, 0.2) is 77.9 Å². The van der Waals surface area contributed by atoms with E-state index in [-0.39, 0.29) is 5.91 Å². The first-order valence-corrected chi connectivity index (χ1v) is 8.98. The highest BCUT2D eigenvalue weighted by molar-refractivity contribution is 6.30. The molecule has 0 aliphatic heterocycles. The number of halogens is 1. The maximum absolute atomic E-state index is 12.3. The molecule has 3 aromatic carbocycles. The molecule has 3 rings (SSSR count). The van der Waals surface area contributed by atoms with Gasteiger partial charge >= 0.3 is 0 Å². The summed E-state index contributed by atoms with van der Waals surface area (Å²) in [5, 5.41) is 4.73. The molecule has 3 aromatic rings. The molecule has 6 heteroatoms. The van der Waals surface area contributed by atoms with Crippen molar-refractivity contribution in [3.8, 4) is 11.5 Å². The number of para-hydroxylation sites is 2. The number of hydrogen-bond donors (Lipinski definition) is 1. The van der Waals surface area contributed by atoms with Crippen molar-refractivity contribution in [3.05, 3.63) is 94.5 Å². The van der Waals surface area contributed by atoms with Crippen LogP contribution in [0.25, 0.3) is 0 Å². The van der Waals surface area contributed by atoms with Crippen LogP contribution in [0, 0.1) is 0 Å². The van der Waals surface area contributed by atoms with Crippen molar-refractivity contribution in [3.63, 3.8) is 0 Å². The maximum Gasteiger partial charge on any atom is 0.275 e. The molecule has 0 fully saturated rings. The van der Waals surface area contributed by atoms with Crippen LogP contribution in [0.4, 0.5) is 0 Å². The zero-order chi connectivity index (χ0) is 19.8. The topological polar surface area (TPSA) is 59.9 Å². The molecule has 0 spiro atoms. The summed E-state index contributed by atoms with van der Waals surface area (Å²) < 4.78 is 11.1. The van der Waals surface area contributed by atoms with E-state index in [9.17, 15) is 4.79 Å². The van der Waals surface area contributed by atoms with Gasteiger partial charge in [-0.2, -0.15) is 5.10 Å². The normalized spacial score (nSPS) is 10.6. The lowest BCUT2D eigenvalue weighted by molar-refractivity contribution is 0.0952. The molecule has 1 N–H and O–H groups in total. The highest BCUT2D eigenvalue weighted by Gasteiger charge is 2.10. The lowest BCUT2D eigenvalue weighted by atomic mass is 10.2. The van der Waals surface area contributed by atoms with E-state index in [1.807, 2.05) is 48.5 Å². The second-order valence-electron chi connectivity index (χ2n) is 5.85. The Morgan fingerprint density at radius 1 is 1.00 bits per heavy atom. The summed E-state index contributed by atoms with van der Waals surface area (Å²) in [4.78, 5) is 12.3. The molecule has 1 amide bonds. The van der Waals surface area contributed by atoms with Gasteiger partial charge in [-0.1, -0.05) is 48.0 Å². The minimum absolute atomic E-state index is 0.353. The number of rotatable bonds is 7. The summed E-state index contributed by atoms with van der Waals surface area (Å²) >= 11 is 5.90. The van der Waals surface area contributed by atoms with Gasteiger partial charge in [-0.3, -0.25) is 4.79 Å². The molecule has 5 nitrogen and oxygen atoms in total. The molecule has 0 saturated heterocycles. The number of hydrogen-bond acceptors (Lipinski definition) is 4. The summed E-state index contributed by atoms with van der Waals surface area (Å²) in [5.74, 6) is 0.794. The van der Waals surface area contributed by atoms with Crippen molar-refractivity contribution in [1.82, 2.24) is 5.43 Å². The quantitative estimate of drug-likeness (QED) is 0.467. The average molecular weight is 395 g/mol. The highest BCUT2D eigenvalue weighted by atomic mass is 35.5. The van der Waals surface area contributed by atoms with E-state index in [4.69, 9.17) is 21.1 Å². The standard InChI is InChI=1S/C22H19ClN2O3/c1-27-21-9-5-3-7-19(21)22(26)25-24-14-17-6-2-4-8-20(17)28-15-16-10-12-18(23)13-11-16/h2-14H,15H2,1H3,(H,25,26)/b24-14-. The Balaban J connectivity index is 1.65. The average Bonchev–Trinajstić information content (AvgIpc) is 2.74. The molecule has 0 saturated carbocycles. The van der Waals surface area contributed by atoms with Gasteiger partial charge in [0.15, 0.2) is 0 Å². The van der Waals surface area contributed by atoms with Gasteiger partial charge in [0.25, 0.3) is 5.91 Å². The van der Waals surface area contributed by atoms with E-state index in [1.165, 1.54) is 7.11 Å². The Labute approximate surface area is 168 Å². The van der Waals surface area contributed by atoms with Crippen LogP contribution in [0.5, 0.6) is 11.5 Å². The van der Waals surface area contributed by atoms with Crippen molar-refractivity contribution < 1.29 is 14.3 Å². The zero-order valence-corrected chi connectivity index (χ0v) is 16.0. The van der Waals surface area contributed by atoms with Crippen molar-refractivity contribution in [2.45, 2.75) is 6.61 Å². The van der Waals surface area contributed by atoms with Gasteiger partial charge in [0.05, 0.1) is 18.9 Å². The monoisotopic (exact) mass is 394 g/mol. The van der Waals surface area contributed by atoms with E-state index in [2.05, 4.69) is 10.5 Å². The molecule has 0 unspecified atom stereocenters. The van der Waals surface area contributed by atoms with Gasteiger partial charge in [-0.15, -0.1) is 0 Å². The van der Waals surface area contributed by atoms with E-state index in [0.717, 1.165) is 11.1 Å². The molecule has 142 valence electrons. The second kappa shape index (κ2) is 9.58. The van der Waals surface area contributed by atoms with Gasteiger partial charge < -0.3 is 9.47 Å². The molecule has 28 heavy (non-hydrogen) atoms. The number of carbonyl (C=O) groups is 1. The number of nitrogens with one attached hydrogen (secondary N) is 1. The summed E-state index contributed by atoms with van der Waals surface area (Å²) in [7, 11) is 1.52. The fourth-order valence-corrected chi connectivity index (χ4v) is 2.64. The largest absolute Gasteiger partial charge is 0.496 e. The van der Waals surface area contributed by atoms with Crippen molar-refractivity contribution in [1.29, 1.82) is 0 Å². The van der Waals surface area contributed by atoms with Crippen molar-refractivity contribution in [2.24, 2.45) is 5.10 Å². The minimum atomic E-state index is -0.353. The van der Waals surface area contributed by atoms with Crippen LogP contribution in [0.3, 0.4) is 0 Å². The van der Waals surface area contributed by atoms with E-state index in [1.54, 1.807) is 30.5 Å². The Morgan fingerprint density at radius 3 is 2.43 bits per heavy atom. The smallest absolute Gasteiger partial charge is 0.275 e. The molecule has 0 atom stereocenters. The van der Waals surface area contributed by atoms with Crippen LogP contribution < -0.4 is 14.9 Å². The summed E-state index contributed by atoms with van der Waals surface area (Å²) in [6.07, 6.45) is 1.55. The molecular formula is C22H19ClN2O3. The lowest BCUT2D eigenvalue weighted by Gasteiger charge is -2.09. The van der Waals surface area contributed by atoms with Gasteiger partial charge in [-0.05, 0) is 42.0 Å². The summed E-state index contributed by atoms with van der Waals surface area (Å²) in [6.45, 7) is 0.398. The third-order valence-corrected chi connectivity index (χ3v) is 4.20. The van der Waals surface area contributed by atoms with Crippen LogP contribution >= 0.6 is 11.6 Å². The Hall–Kier alpha value is -3.31. The predicted molar refractivity (Wildman–Crippen MR) is 110 cm³/mol. The van der Waals surface area contributed by atoms with Crippen LogP contribution in [0.2, 0.25) is 5.02 Å². The van der Waals surface area contributed by atoms with Gasteiger partial charge in [0.2, 0.25) is 0 Å². The molecule has 0 aliphatic rings. The van der Waals surface area contributed by atoms with Gasteiger partial charge in [0.1, 0.15) is 18.1 Å². The van der Waals surface area contributed by atoms with E-state index >= 15 is 0 Å². The molecule has 0 bridgehead atoms. The fraction of sp³-hybridized carbons (Fsp3) is 0.0909. The van der Waals surface area contributed by atoms with Crippen LogP contribution in [0.1, 0.15) is 21.5 Å². The Morgan fingerprint density at radius 2 is 1.68 bits per heavy atom. The Kier molecular flexibility index (Phi) is 6.65. The number of ether oxygens (including phenoxy) is 2. The number of carbonyl (C=O) groups excluding carboxylic acids is 1. The fourth-order valence-electron chi connectivity index (χ4n) is 2.51. The number of hydrazone groups is 1. The van der Waals surface area contributed by atoms with E-state index < -0.39 is 0 Å². The maximum atomic E-state index is 12.3. The molecule has 0 radical (unpaired) electrons. The first kappa shape index (κ1) is 19.5. The molecule has 0 aliphatic carbocycles. The van der Waals surface area contributed by atoms with Gasteiger partial charge in [-0.25, -0.2) is 5.43 Å². The van der Waals surface area contributed by atoms with Gasteiger partial charge in [0, 0.05) is 10.6 Å². The minimum Gasteiger partial charge on any atom is -0.496 e. The highest BCUT2D eigenvalue weighted by Crippen LogP contribution is 2.19. The first-order chi connectivity index (χ1) is 13.7. The lowest BCUT2D eigenvalue weighted by Crippen LogP contribution is -2.18. The van der Waals surface area contributed by atoms with Crippen molar-refractivity contribution >= 4 is 23.7 Å². The van der Waals surface area contributed by atoms with E-state index in [0.29, 0.717) is 28.7 Å². The predicted octanol–water partition coefficient (Wildman–Crippen LogP) is 4.69. The van der Waals surface area contributed by atoms with Crippen LogP contribution in [-0.2, 0) is 6.61 Å². The summed E-state index contributed by atoms with van der Waals surface area (Å²) in [6, 6.07) is 21.9.